The highest BCUT2D eigenvalue weighted by atomic mass is 127. The Morgan fingerprint density at radius 1 is 1.12 bits per heavy atom. The molecule has 2 aliphatic heterocycles. The van der Waals surface area contributed by atoms with Gasteiger partial charge in [0.25, 0.3) is 0 Å². The predicted octanol–water partition coefficient (Wildman–Crippen LogP) is 3.20. The van der Waals surface area contributed by atoms with Gasteiger partial charge in [-0.3, -0.25) is 9.89 Å². The number of likely N-dealkylation sites (tertiary alicyclic amines) is 1. The summed E-state index contributed by atoms with van der Waals surface area (Å²) < 4.78 is 10.9. The second-order valence-corrected chi connectivity index (χ2v) is 8.80. The molecule has 2 aliphatic rings. The van der Waals surface area contributed by atoms with E-state index in [1.165, 1.54) is 11.1 Å². The number of hydrogen-bond acceptors (Lipinski definition) is 5. The van der Waals surface area contributed by atoms with Crippen LogP contribution in [-0.4, -0.2) is 79.9 Å². The van der Waals surface area contributed by atoms with Crippen LogP contribution in [0.1, 0.15) is 44.7 Å². The van der Waals surface area contributed by atoms with Crippen LogP contribution in [0.3, 0.4) is 0 Å². The lowest BCUT2D eigenvalue weighted by Crippen LogP contribution is -2.49. The maximum Gasteiger partial charge on any atom is 0.409 e. The lowest BCUT2D eigenvalue weighted by Gasteiger charge is -2.35. The van der Waals surface area contributed by atoms with E-state index in [9.17, 15) is 4.79 Å². The number of hydrogen-bond donors (Lipinski definition) is 2. The summed E-state index contributed by atoms with van der Waals surface area (Å²) in [6, 6.07) is 9.08. The fraction of sp³-hybridized carbons (Fsp3) is 0.667. The molecule has 2 unspecified atom stereocenters. The van der Waals surface area contributed by atoms with E-state index in [2.05, 4.69) is 58.6 Å². The Labute approximate surface area is 215 Å². The topological polar surface area (TPSA) is 78.4 Å². The molecule has 2 heterocycles. The Hall–Kier alpha value is -1.59. The summed E-state index contributed by atoms with van der Waals surface area (Å²) >= 11 is 0. The average Bonchev–Trinajstić information content (AvgIpc) is 2.77. The number of amides is 1. The highest BCUT2D eigenvalue weighted by Crippen LogP contribution is 2.15. The van der Waals surface area contributed by atoms with Crippen LogP contribution in [0.2, 0.25) is 0 Å². The Morgan fingerprint density at radius 3 is 2.30 bits per heavy atom. The first kappa shape index (κ1) is 27.7. The molecule has 1 aromatic carbocycles. The van der Waals surface area contributed by atoms with Crippen LogP contribution in [0.15, 0.2) is 29.3 Å². The molecule has 8 nitrogen and oxygen atoms in total. The average molecular weight is 574 g/mol. The lowest BCUT2D eigenvalue weighted by molar-refractivity contribution is -0.0704. The molecule has 9 heteroatoms. The molecule has 0 saturated carbocycles. The van der Waals surface area contributed by atoms with Crippen LogP contribution in [0.5, 0.6) is 0 Å². The molecule has 0 aliphatic carbocycles. The van der Waals surface area contributed by atoms with Crippen molar-refractivity contribution in [2.24, 2.45) is 4.99 Å². The molecule has 2 fully saturated rings. The van der Waals surface area contributed by atoms with Gasteiger partial charge in [-0.25, -0.2) is 4.79 Å². The Morgan fingerprint density at radius 2 is 1.73 bits per heavy atom. The monoisotopic (exact) mass is 573 g/mol. The number of carbonyl (C=O) groups is 1. The minimum atomic E-state index is -0.213. The van der Waals surface area contributed by atoms with Crippen molar-refractivity contribution >= 4 is 36.0 Å². The molecule has 0 aromatic heterocycles. The van der Waals surface area contributed by atoms with Gasteiger partial charge in [-0.2, -0.15) is 0 Å². The Kier molecular flexibility index (Phi) is 11.7. The minimum Gasteiger partial charge on any atom is -0.450 e. The summed E-state index contributed by atoms with van der Waals surface area (Å²) in [5.41, 5.74) is 2.54. The first-order chi connectivity index (χ1) is 15.5. The molecule has 0 bridgehead atoms. The van der Waals surface area contributed by atoms with Crippen molar-refractivity contribution in [1.29, 1.82) is 0 Å². The van der Waals surface area contributed by atoms with Gasteiger partial charge in [0.15, 0.2) is 5.96 Å². The van der Waals surface area contributed by atoms with E-state index in [1.807, 2.05) is 6.92 Å². The third-order valence-corrected chi connectivity index (χ3v) is 5.97. The maximum atomic E-state index is 11.8. The van der Waals surface area contributed by atoms with Crippen molar-refractivity contribution in [2.45, 2.75) is 65.0 Å². The fourth-order valence-electron chi connectivity index (χ4n) is 4.43. The predicted molar refractivity (Wildman–Crippen MR) is 142 cm³/mol. The smallest absolute Gasteiger partial charge is 0.409 e. The molecular weight excluding hydrogens is 533 g/mol. The quantitative estimate of drug-likeness (QED) is 0.309. The van der Waals surface area contributed by atoms with E-state index < -0.39 is 0 Å². The van der Waals surface area contributed by atoms with E-state index in [-0.39, 0.29) is 30.1 Å². The van der Waals surface area contributed by atoms with E-state index in [1.54, 1.807) is 11.9 Å². The number of carbonyl (C=O) groups excluding carboxylic acids is 1. The van der Waals surface area contributed by atoms with Gasteiger partial charge in [0, 0.05) is 52.4 Å². The standard InChI is InChI=1S/C24H39N5O3.HI/c1-5-31-24(30)29-12-10-22(11-13-29)27-23(25-4)26-14-20-6-8-21(9-7-20)17-28-15-18(2)32-19(3)16-28;/h6-9,18-19,22H,5,10-17H2,1-4H3,(H2,25,26,27);1H. The van der Waals surface area contributed by atoms with E-state index in [4.69, 9.17) is 9.47 Å². The second kappa shape index (κ2) is 14.0. The van der Waals surface area contributed by atoms with Crippen LogP contribution in [0.25, 0.3) is 0 Å². The number of morpholine rings is 1. The Balaban J connectivity index is 0.00000385. The number of piperidine rings is 1. The SMILES string of the molecule is CCOC(=O)N1CCC(NC(=NC)NCc2ccc(CN3CC(C)OC(C)C3)cc2)CC1.I. The molecule has 3 rings (SSSR count). The molecule has 186 valence electrons. The third kappa shape index (κ3) is 8.94. The van der Waals surface area contributed by atoms with Crippen molar-refractivity contribution in [3.8, 4) is 0 Å². The van der Waals surface area contributed by atoms with Crippen LogP contribution in [-0.2, 0) is 22.6 Å². The lowest BCUT2D eigenvalue weighted by atomic mass is 10.1. The zero-order chi connectivity index (χ0) is 22.9. The van der Waals surface area contributed by atoms with E-state index in [0.717, 1.165) is 38.4 Å². The van der Waals surface area contributed by atoms with Gasteiger partial charge in [-0.1, -0.05) is 24.3 Å². The fourth-order valence-corrected chi connectivity index (χ4v) is 4.43. The number of rotatable bonds is 6. The van der Waals surface area contributed by atoms with Crippen molar-refractivity contribution < 1.29 is 14.3 Å². The first-order valence-corrected chi connectivity index (χ1v) is 11.8. The molecule has 33 heavy (non-hydrogen) atoms. The van der Waals surface area contributed by atoms with Gasteiger partial charge in [0.1, 0.15) is 0 Å². The largest absolute Gasteiger partial charge is 0.450 e. The highest BCUT2D eigenvalue weighted by molar-refractivity contribution is 14.0. The van der Waals surface area contributed by atoms with Gasteiger partial charge in [-0.05, 0) is 44.7 Å². The van der Waals surface area contributed by atoms with Gasteiger partial charge >= 0.3 is 6.09 Å². The summed E-state index contributed by atoms with van der Waals surface area (Å²) in [4.78, 5) is 20.4. The first-order valence-electron chi connectivity index (χ1n) is 11.8. The molecule has 0 radical (unpaired) electrons. The Bertz CT molecular complexity index is 743. The molecule has 0 spiro atoms. The van der Waals surface area contributed by atoms with Crippen LogP contribution in [0.4, 0.5) is 4.79 Å². The summed E-state index contributed by atoms with van der Waals surface area (Å²) in [6.45, 7) is 11.6. The van der Waals surface area contributed by atoms with Crippen molar-refractivity contribution in [2.75, 3.05) is 39.8 Å². The molecular formula is C24H40IN5O3. The number of guanidine groups is 1. The molecule has 2 N–H and O–H groups in total. The highest BCUT2D eigenvalue weighted by Gasteiger charge is 2.24. The summed E-state index contributed by atoms with van der Waals surface area (Å²) in [7, 11) is 1.79. The summed E-state index contributed by atoms with van der Waals surface area (Å²) in [5, 5.41) is 6.89. The van der Waals surface area contributed by atoms with E-state index >= 15 is 0 Å². The van der Waals surface area contributed by atoms with Gasteiger partial charge < -0.3 is 25.0 Å². The normalized spacial score (nSPS) is 22.4. The van der Waals surface area contributed by atoms with Crippen molar-refractivity contribution in [1.82, 2.24) is 20.4 Å². The van der Waals surface area contributed by atoms with Crippen molar-refractivity contribution in [3.63, 3.8) is 0 Å². The number of nitrogens with zero attached hydrogens (tertiary/aromatic N) is 3. The van der Waals surface area contributed by atoms with Crippen molar-refractivity contribution in [3.05, 3.63) is 35.4 Å². The zero-order valence-corrected chi connectivity index (χ0v) is 22.7. The van der Waals surface area contributed by atoms with Crippen LogP contribution >= 0.6 is 24.0 Å². The zero-order valence-electron chi connectivity index (χ0n) is 20.4. The van der Waals surface area contributed by atoms with Gasteiger partial charge in [0.05, 0.1) is 18.8 Å². The summed E-state index contributed by atoms with van der Waals surface area (Å²) in [5.74, 6) is 0.792. The third-order valence-electron chi connectivity index (χ3n) is 5.97. The molecule has 2 saturated heterocycles. The number of halogens is 1. The van der Waals surface area contributed by atoms with Crippen LogP contribution < -0.4 is 10.6 Å². The number of aliphatic imine (C=N–C) groups is 1. The second-order valence-electron chi connectivity index (χ2n) is 8.80. The van der Waals surface area contributed by atoms with Gasteiger partial charge in [0.2, 0.25) is 0 Å². The molecule has 1 amide bonds. The van der Waals surface area contributed by atoms with Gasteiger partial charge in [-0.15, -0.1) is 24.0 Å². The minimum absolute atomic E-state index is 0. The van der Waals surface area contributed by atoms with E-state index in [0.29, 0.717) is 44.5 Å². The molecule has 1 aromatic rings. The number of nitrogens with one attached hydrogen (secondary N) is 2. The molecule has 2 atom stereocenters. The summed E-state index contributed by atoms with van der Waals surface area (Å²) in [6.07, 6.45) is 2.13. The number of ether oxygens (including phenoxy) is 2. The number of benzene rings is 1. The maximum absolute atomic E-state index is 11.8. The van der Waals surface area contributed by atoms with Crippen LogP contribution in [0, 0.1) is 0 Å².